The minimum Gasteiger partial charge on any atom is -0.378 e. The summed E-state index contributed by atoms with van der Waals surface area (Å²) in [5.74, 6) is 0. The van der Waals surface area contributed by atoms with Crippen molar-refractivity contribution < 1.29 is 4.79 Å². The maximum atomic E-state index is 10.6. The van der Waals surface area contributed by atoms with Gasteiger partial charge in [0.05, 0.1) is 6.04 Å². The Hall–Kier alpha value is -1.29. The number of amides is 1. The summed E-state index contributed by atoms with van der Waals surface area (Å²) < 4.78 is 1.02. The third-order valence-corrected chi connectivity index (χ3v) is 3.27. The lowest BCUT2D eigenvalue weighted by Gasteiger charge is -2.31. The van der Waals surface area contributed by atoms with Gasteiger partial charge in [0.2, 0.25) is 6.41 Å². The molecular formula is C12H13BrN2O. The van der Waals surface area contributed by atoms with Crippen LogP contribution in [0, 0.1) is 0 Å². The lowest BCUT2D eigenvalue weighted by molar-refractivity contribution is -0.110. The number of carbonyl (C=O) groups is 1. The minimum absolute atomic E-state index is 0.0502. The molecule has 2 N–H and O–H groups in total. The highest BCUT2D eigenvalue weighted by Crippen LogP contribution is 2.34. The predicted octanol–water partition coefficient (Wildman–Crippen LogP) is 2.61. The summed E-state index contributed by atoms with van der Waals surface area (Å²) in [6, 6.07) is 6.27. The second-order valence-electron chi connectivity index (χ2n) is 3.79. The molecule has 4 heteroatoms. The van der Waals surface area contributed by atoms with Gasteiger partial charge in [-0.2, -0.15) is 0 Å². The molecule has 16 heavy (non-hydrogen) atoms. The van der Waals surface area contributed by atoms with Crippen LogP contribution in [0.5, 0.6) is 0 Å². The molecule has 0 saturated heterocycles. The van der Waals surface area contributed by atoms with Crippen LogP contribution in [0.4, 0.5) is 5.69 Å². The second-order valence-corrected chi connectivity index (χ2v) is 4.71. The van der Waals surface area contributed by atoms with Crippen molar-refractivity contribution in [2.45, 2.75) is 18.5 Å². The first-order chi connectivity index (χ1) is 7.74. The summed E-state index contributed by atoms with van der Waals surface area (Å²) >= 11 is 3.44. The Labute approximate surface area is 103 Å². The van der Waals surface area contributed by atoms with Gasteiger partial charge in [-0.05, 0) is 30.2 Å². The Morgan fingerprint density at radius 2 is 2.38 bits per heavy atom. The molecule has 1 aliphatic heterocycles. The van der Waals surface area contributed by atoms with Gasteiger partial charge < -0.3 is 10.6 Å². The number of hydrogen-bond donors (Lipinski definition) is 2. The van der Waals surface area contributed by atoms with Gasteiger partial charge in [0, 0.05) is 16.2 Å². The number of fused-ring (bicyclic) bond motifs is 1. The van der Waals surface area contributed by atoms with Crippen molar-refractivity contribution in [1.29, 1.82) is 0 Å². The van der Waals surface area contributed by atoms with Gasteiger partial charge in [0.1, 0.15) is 0 Å². The van der Waals surface area contributed by atoms with Crippen molar-refractivity contribution in [1.82, 2.24) is 5.32 Å². The molecule has 1 aliphatic rings. The van der Waals surface area contributed by atoms with Crippen LogP contribution in [0.1, 0.15) is 18.0 Å². The highest BCUT2D eigenvalue weighted by atomic mass is 79.9. The quantitative estimate of drug-likeness (QED) is 0.660. The van der Waals surface area contributed by atoms with Gasteiger partial charge in [-0.3, -0.25) is 4.79 Å². The predicted molar refractivity (Wildman–Crippen MR) is 68.3 cm³/mol. The van der Waals surface area contributed by atoms with E-state index in [0.29, 0.717) is 0 Å². The minimum atomic E-state index is 0.0502. The van der Waals surface area contributed by atoms with E-state index in [1.54, 1.807) is 0 Å². The largest absolute Gasteiger partial charge is 0.378 e. The van der Waals surface area contributed by atoms with Crippen molar-refractivity contribution in [2.75, 3.05) is 5.32 Å². The van der Waals surface area contributed by atoms with Crippen LogP contribution in [0.3, 0.4) is 0 Å². The van der Waals surface area contributed by atoms with E-state index in [4.69, 9.17) is 0 Å². The molecule has 0 bridgehead atoms. The molecule has 0 aromatic heterocycles. The average Bonchev–Trinajstić information content (AvgIpc) is 2.30. The van der Waals surface area contributed by atoms with Gasteiger partial charge in [0.15, 0.2) is 0 Å². The Morgan fingerprint density at radius 3 is 3.06 bits per heavy atom. The average molecular weight is 281 g/mol. The summed E-state index contributed by atoms with van der Waals surface area (Å²) in [5, 5.41) is 6.21. The van der Waals surface area contributed by atoms with Crippen molar-refractivity contribution in [3.8, 4) is 0 Å². The molecule has 0 fully saturated rings. The third kappa shape index (κ3) is 2.11. The Bertz CT molecular complexity index is 419. The van der Waals surface area contributed by atoms with Crippen LogP contribution >= 0.6 is 15.9 Å². The van der Waals surface area contributed by atoms with E-state index in [-0.39, 0.29) is 12.1 Å². The topological polar surface area (TPSA) is 41.1 Å². The van der Waals surface area contributed by atoms with Gasteiger partial charge in [-0.1, -0.05) is 22.0 Å². The lowest BCUT2D eigenvalue weighted by Crippen LogP contribution is -2.32. The molecule has 1 aromatic carbocycles. The first-order valence-corrected chi connectivity index (χ1v) is 5.92. The summed E-state index contributed by atoms with van der Waals surface area (Å²) in [7, 11) is 0. The number of hydrogen-bond acceptors (Lipinski definition) is 2. The molecule has 0 saturated carbocycles. The summed E-state index contributed by atoms with van der Waals surface area (Å²) in [4.78, 5) is 10.6. The smallest absolute Gasteiger partial charge is 0.207 e. The van der Waals surface area contributed by atoms with Crippen LogP contribution < -0.4 is 10.6 Å². The van der Waals surface area contributed by atoms with Crippen LogP contribution in [-0.2, 0) is 4.79 Å². The van der Waals surface area contributed by atoms with E-state index >= 15 is 0 Å². The van der Waals surface area contributed by atoms with Crippen LogP contribution in [0.2, 0.25) is 0 Å². The summed E-state index contributed by atoms with van der Waals surface area (Å²) in [6.45, 7) is 3.78. The third-order valence-electron chi connectivity index (χ3n) is 2.77. The molecule has 2 rings (SSSR count). The van der Waals surface area contributed by atoms with E-state index in [1.807, 2.05) is 24.3 Å². The Kier molecular flexibility index (Phi) is 3.29. The fourth-order valence-electron chi connectivity index (χ4n) is 1.99. The van der Waals surface area contributed by atoms with Crippen molar-refractivity contribution in [3.63, 3.8) is 0 Å². The first-order valence-electron chi connectivity index (χ1n) is 5.13. The van der Waals surface area contributed by atoms with Crippen molar-refractivity contribution in [3.05, 3.63) is 40.9 Å². The van der Waals surface area contributed by atoms with Gasteiger partial charge in [-0.25, -0.2) is 0 Å². The molecule has 1 aromatic rings. The number of benzene rings is 1. The molecule has 0 spiro atoms. The number of anilines is 1. The van der Waals surface area contributed by atoms with Crippen molar-refractivity contribution >= 4 is 28.0 Å². The van der Waals surface area contributed by atoms with Crippen molar-refractivity contribution in [2.24, 2.45) is 0 Å². The number of halogens is 1. The zero-order valence-corrected chi connectivity index (χ0v) is 10.3. The highest BCUT2D eigenvalue weighted by Gasteiger charge is 2.24. The molecule has 1 amide bonds. The van der Waals surface area contributed by atoms with Crippen LogP contribution in [0.25, 0.3) is 0 Å². The zero-order chi connectivity index (χ0) is 11.5. The second kappa shape index (κ2) is 4.70. The van der Waals surface area contributed by atoms with E-state index in [2.05, 4.69) is 33.1 Å². The number of nitrogens with one attached hydrogen (secondary N) is 2. The van der Waals surface area contributed by atoms with Gasteiger partial charge >= 0.3 is 0 Å². The van der Waals surface area contributed by atoms with E-state index in [1.165, 1.54) is 0 Å². The summed E-state index contributed by atoms with van der Waals surface area (Å²) in [6.07, 6.45) is 3.44. The monoisotopic (exact) mass is 280 g/mol. The molecule has 1 heterocycles. The van der Waals surface area contributed by atoms with Gasteiger partial charge in [0.25, 0.3) is 0 Å². The maximum Gasteiger partial charge on any atom is 0.207 e. The SMILES string of the molecule is C=C[C@H]1C[C@@H](NC=O)c2cc(Br)ccc2N1. The van der Waals surface area contributed by atoms with E-state index in [9.17, 15) is 4.79 Å². The standard InChI is InChI=1S/C12H13BrN2O/c1-2-9-6-12(14-7-16)10-5-8(13)3-4-11(10)15-9/h2-5,7,9,12,15H,1,6H2,(H,14,16)/t9-,12+/m0/s1. The fourth-order valence-corrected chi connectivity index (χ4v) is 2.37. The zero-order valence-electron chi connectivity index (χ0n) is 8.74. The fraction of sp³-hybridized carbons (Fsp3) is 0.250. The molecule has 84 valence electrons. The normalized spacial score (nSPS) is 22.8. The molecule has 3 nitrogen and oxygen atoms in total. The molecular weight excluding hydrogens is 268 g/mol. The Morgan fingerprint density at radius 1 is 1.56 bits per heavy atom. The molecule has 2 atom stereocenters. The van der Waals surface area contributed by atoms with E-state index in [0.717, 1.165) is 28.6 Å². The van der Waals surface area contributed by atoms with E-state index < -0.39 is 0 Å². The van der Waals surface area contributed by atoms with Gasteiger partial charge in [-0.15, -0.1) is 6.58 Å². The molecule has 0 aliphatic carbocycles. The maximum absolute atomic E-state index is 10.6. The number of rotatable bonds is 3. The first kappa shape index (κ1) is 11.2. The molecule has 0 radical (unpaired) electrons. The summed E-state index contributed by atoms with van der Waals surface area (Å²) in [5.41, 5.74) is 2.17. The lowest BCUT2D eigenvalue weighted by atomic mass is 9.93. The highest BCUT2D eigenvalue weighted by molar-refractivity contribution is 9.10. The number of carbonyl (C=O) groups excluding carboxylic acids is 1. The van der Waals surface area contributed by atoms with Crippen LogP contribution in [0.15, 0.2) is 35.3 Å². The van der Waals surface area contributed by atoms with Crippen LogP contribution in [-0.4, -0.2) is 12.5 Å². The molecule has 0 unspecified atom stereocenters. The Balaban J connectivity index is 2.38.